The Balaban J connectivity index is 2.17. The highest BCUT2D eigenvalue weighted by Crippen LogP contribution is 2.25. The molecule has 0 spiro atoms. The third-order valence-corrected chi connectivity index (χ3v) is 4.26. The van der Waals surface area contributed by atoms with Gasteiger partial charge in [0.1, 0.15) is 0 Å². The van der Waals surface area contributed by atoms with Gasteiger partial charge in [-0.2, -0.15) is 0 Å². The van der Waals surface area contributed by atoms with Gasteiger partial charge in [-0.15, -0.1) is 11.6 Å². The van der Waals surface area contributed by atoms with E-state index in [-0.39, 0.29) is 0 Å². The predicted octanol–water partition coefficient (Wildman–Crippen LogP) is 4.21. The quantitative estimate of drug-likeness (QED) is 0.386. The van der Waals surface area contributed by atoms with Crippen molar-refractivity contribution < 1.29 is 4.79 Å². The Hall–Kier alpha value is -0.240. The summed E-state index contributed by atoms with van der Waals surface area (Å²) in [6, 6.07) is 0. The second kappa shape index (κ2) is 9.66. The molecule has 0 atom stereocenters. The second-order valence-corrected chi connectivity index (χ2v) is 6.00. The minimum atomic E-state index is 0.341. The normalized spacial score (nSPS) is 17.4. The minimum absolute atomic E-state index is 0.341. The Labute approximate surface area is 117 Å². The second-order valence-electron chi connectivity index (χ2n) is 5.63. The lowest BCUT2D eigenvalue weighted by atomic mass is 9.96. The molecule has 0 aromatic heterocycles. The summed E-state index contributed by atoms with van der Waals surface area (Å²) in [6.45, 7) is 0.891. The molecule has 18 heavy (non-hydrogen) atoms. The van der Waals surface area contributed by atoms with Gasteiger partial charge in [0.05, 0.1) is 0 Å². The summed E-state index contributed by atoms with van der Waals surface area (Å²) in [4.78, 5) is 14.0. The van der Waals surface area contributed by atoms with E-state index in [0.717, 1.165) is 38.1 Å². The molecule has 0 aromatic carbocycles. The van der Waals surface area contributed by atoms with Crippen LogP contribution in [0.3, 0.4) is 0 Å². The lowest BCUT2D eigenvalue weighted by molar-refractivity contribution is -0.131. The number of unbranched alkanes of at least 4 members (excludes halogenated alkanes) is 2. The van der Waals surface area contributed by atoms with Crippen LogP contribution in [0.1, 0.15) is 64.2 Å². The lowest BCUT2D eigenvalue weighted by Crippen LogP contribution is -2.29. The number of nitrogens with zero attached hydrogens (tertiary/aromatic N) is 1. The standard InChI is InChI=1S/C15H28ClNO/c1-17(12-8-4-7-11-16)15(18)13-14-9-5-2-3-6-10-14/h14H,2-13H2,1H3. The first-order chi connectivity index (χ1) is 8.74. The molecule has 1 fully saturated rings. The molecule has 0 N–H and O–H groups in total. The Kier molecular flexibility index (Phi) is 8.49. The van der Waals surface area contributed by atoms with Crippen LogP contribution in [0.5, 0.6) is 0 Å². The molecule has 1 aliphatic rings. The molecule has 1 aliphatic carbocycles. The summed E-state index contributed by atoms with van der Waals surface area (Å²) < 4.78 is 0. The molecule has 0 aromatic rings. The van der Waals surface area contributed by atoms with E-state index in [1.807, 2.05) is 11.9 Å². The van der Waals surface area contributed by atoms with Crippen molar-refractivity contribution in [1.82, 2.24) is 4.90 Å². The van der Waals surface area contributed by atoms with Gasteiger partial charge in [0, 0.05) is 25.9 Å². The Morgan fingerprint density at radius 2 is 1.78 bits per heavy atom. The van der Waals surface area contributed by atoms with E-state index < -0.39 is 0 Å². The summed E-state index contributed by atoms with van der Waals surface area (Å²) in [5.41, 5.74) is 0. The number of carbonyl (C=O) groups is 1. The molecule has 0 heterocycles. The van der Waals surface area contributed by atoms with E-state index in [1.165, 1.54) is 38.5 Å². The molecule has 1 amide bonds. The Morgan fingerprint density at radius 1 is 1.11 bits per heavy atom. The van der Waals surface area contributed by atoms with E-state index >= 15 is 0 Å². The van der Waals surface area contributed by atoms with Gasteiger partial charge in [-0.3, -0.25) is 4.79 Å². The van der Waals surface area contributed by atoms with E-state index in [0.29, 0.717) is 11.8 Å². The summed E-state index contributed by atoms with van der Waals surface area (Å²) in [7, 11) is 1.94. The predicted molar refractivity (Wildman–Crippen MR) is 78.0 cm³/mol. The maximum absolute atomic E-state index is 12.1. The number of alkyl halides is 1. The lowest BCUT2D eigenvalue weighted by Gasteiger charge is -2.20. The van der Waals surface area contributed by atoms with Gasteiger partial charge in [-0.05, 0) is 31.6 Å². The first-order valence-corrected chi connectivity index (χ1v) is 8.07. The van der Waals surface area contributed by atoms with Crippen molar-refractivity contribution in [2.24, 2.45) is 5.92 Å². The van der Waals surface area contributed by atoms with Crippen LogP contribution in [0.2, 0.25) is 0 Å². The highest BCUT2D eigenvalue weighted by Gasteiger charge is 2.18. The van der Waals surface area contributed by atoms with Crippen LogP contribution in [-0.4, -0.2) is 30.3 Å². The zero-order chi connectivity index (χ0) is 13.2. The van der Waals surface area contributed by atoms with Crippen molar-refractivity contribution in [3.05, 3.63) is 0 Å². The van der Waals surface area contributed by atoms with Crippen molar-refractivity contribution in [2.45, 2.75) is 64.2 Å². The Morgan fingerprint density at radius 3 is 2.39 bits per heavy atom. The fourth-order valence-corrected chi connectivity index (χ4v) is 2.90. The maximum Gasteiger partial charge on any atom is 0.222 e. The molecule has 106 valence electrons. The highest BCUT2D eigenvalue weighted by atomic mass is 35.5. The van der Waals surface area contributed by atoms with Gasteiger partial charge in [-0.1, -0.05) is 32.1 Å². The Bertz CT molecular complexity index is 225. The summed E-state index contributed by atoms with van der Waals surface area (Å²) in [6.07, 6.45) is 11.9. The molecule has 2 nitrogen and oxygen atoms in total. The van der Waals surface area contributed by atoms with Gasteiger partial charge < -0.3 is 4.90 Å². The average molecular weight is 274 g/mol. The first-order valence-electron chi connectivity index (χ1n) is 7.54. The third kappa shape index (κ3) is 6.63. The number of halogens is 1. The molecule has 3 heteroatoms. The molecular formula is C15H28ClNO. The molecule has 0 radical (unpaired) electrons. The van der Waals surface area contributed by atoms with Gasteiger partial charge in [-0.25, -0.2) is 0 Å². The van der Waals surface area contributed by atoms with Crippen LogP contribution in [0.15, 0.2) is 0 Å². The molecule has 1 rings (SSSR count). The zero-order valence-corrected chi connectivity index (χ0v) is 12.6. The van der Waals surface area contributed by atoms with Crippen molar-refractivity contribution in [1.29, 1.82) is 0 Å². The van der Waals surface area contributed by atoms with Gasteiger partial charge in [0.15, 0.2) is 0 Å². The topological polar surface area (TPSA) is 20.3 Å². The van der Waals surface area contributed by atoms with E-state index in [2.05, 4.69) is 0 Å². The fourth-order valence-electron chi connectivity index (χ4n) is 2.72. The smallest absolute Gasteiger partial charge is 0.222 e. The molecule has 0 aliphatic heterocycles. The number of rotatable bonds is 7. The van der Waals surface area contributed by atoms with Crippen LogP contribution in [-0.2, 0) is 4.79 Å². The van der Waals surface area contributed by atoms with E-state index in [4.69, 9.17) is 11.6 Å². The number of hydrogen-bond donors (Lipinski definition) is 0. The molecular weight excluding hydrogens is 246 g/mol. The number of hydrogen-bond acceptors (Lipinski definition) is 1. The van der Waals surface area contributed by atoms with Gasteiger partial charge >= 0.3 is 0 Å². The van der Waals surface area contributed by atoms with Crippen molar-refractivity contribution in [3.8, 4) is 0 Å². The van der Waals surface area contributed by atoms with Crippen molar-refractivity contribution >= 4 is 17.5 Å². The van der Waals surface area contributed by atoms with Crippen LogP contribution in [0.4, 0.5) is 0 Å². The molecule has 0 bridgehead atoms. The van der Waals surface area contributed by atoms with Gasteiger partial charge in [0.25, 0.3) is 0 Å². The largest absolute Gasteiger partial charge is 0.346 e. The zero-order valence-electron chi connectivity index (χ0n) is 11.8. The van der Waals surface area contributed by atoms with Crippen LogP contribution >= 0.6 is 11.6 Å². The van der Waals surface area contributed by atoms with Crippen molar-refractivity contribution in [3.63, 3.8) is 0 Å². The molecule has 0 unspecified atom stereocenters. The van der Waals surface area contributed by atoms with Crippen LogP contribution in [0.25, 0.3) is 0 Å². The summed E-state index contributed by atoms with van der Waals surface area (Å²) in [5, 5.41) is 0. The fraction of sp³-hybridized carbons (Fsp3) is 0.933. The third-order valence-electron chi connectivity index (χ3n) is 3.99. The number of amides is 1. The first kappa shape index (κ1) is 15.8. The summed E-state index contributed by atoms with van der Waals surface area (Å²) in [5.74, 6) is 1.72. The van der Waals surface area contributed by atoms with Crippen LogP contribution < -0.4 is 0 Å². The SMILES string of the molecule is CN(CCCCCCl)C(=O)CC1CCCCCC1. The molecule has 0 saturated heterocycles. The van der Waals surface area contributed by atoms with Gasteiger partial charge in [0.2, 0.25) is 5.91 Å². The minimum Gasteiger partial charge on any atom is -0.346 e. The van der Waals surface area contributed by atoms with Crippen LogP contribution in [0, 0.1) is 5.92 Å². The average Bonchev–Trinajstić information content (AvgIpc) is 2.63. The van der Waals surface area contributed by atoms with E-state index in [9.17, 15) is 4.79 Å². The maximum atomic E-state index is 12.1. The monoisotopic (exact) mass is 273 g/mol. The summed E-state index contributed by atoms with van der Waals surface area (Å²) >= 11 is 5.64. The highest BCUT2D eigenvalue weighted by molar-refractivity contribution is 6.17. The number of carbonyl (C=O) groups excluding carboxylic acids is 1. The van der Waals surface area contributed by atoms with Crippen molar-refractivity contribution in [2.75, 3.05) is 19.5 Å². The van der Waals surface area contributed by atoms with E-state index in [1.54, 1.807) is 0 Å². The molecule has 1 saturated carbocycles.